The minimum atomic E-state index is -1.00. The van der Waals surface area contributed by atoms with E-state index in [1.807, 2.05) is 18.2 Å². The molecule has 1 aromatic carbocycles. The molecule has 1 saturated heterocycles. The highest BCUT2D eigenvalue weighted by atomic mass is 16.7. The SMILES string of the molecule is O=C(OCc1ccccc1)C(=O)OC1CCCO1. The summed E-state index contributed by atoms with van der Waals surface area (Å²) in [6, 6.07) is 9.12. The van der Waals surface area contributed by atoms with E-state index in [4.69, 9.17) is 14.2 Å². The first kappa shape index (κ1) is 12.6. The molecular weight excluding hydrogens is 236 g/mol. The van der Waals surface area contributed by atoms with Crippen molar-refractivity contribution in [2.45, 2.75) is 25.7 Å². The van der Waals surface area contributed by atoms with E-state index < -0.39 is 18.2 Å². The van der Waals surface area contributed by atoms with E-state index in [0.29, 0.717) is 13.0 Å². The lowest BCUT2D eigenvalue weighted by atomic mass is 10.2. The fourth-order valence-electron chi connectivity index (χ4n) is 1.59. The fourth-order valence-corrected chi connectivity index (χ4v) is 1.59. The summed E-state index contributed by atoms with van der Waals surface area (Å²) in [6.45, 7) is 0.608. The van der Waals surface area contributed by atoms with Crippen molar-refractivity contribution < 1.29 is 23.8 Å². The molecule has 1 aromatic rings. The minimum absolute atomic E-state index is 0.0559. The summed E-state index contributed by atoms with van der Waals surface area (Å²) in [7, 11) is 0. The minimum Gasteiger partial charge on any atom is -0.452 e. The summed E-state index contributed by atoms with van der Waals surface area (Å²) in [5, 5.41) is 0. The molecule has 18 heavy (non-hydrogen) atoms. The second-order valence-corrected chi connectivity index (χ2v) is 3.91. The van der Waals surface area contributed by atoms with Gasteiger partial charge in [-0.15, -0.1) is 0 Å². The van der Waals surface area contributed by atoms with Gasteiger partial charge in [0.15, 0.2) is 0 Å². The Morgan fingerprint density at radius 1 is 1.22 bits per heavy atom. The number of rotatable bonds is 3. The van der Waals surface area contributed by atoms with Crippen LogP contribution in [0.1, 0.15) is 18.4 Å². The second kappa shape index (κ2) is 6.16. The molecule has 1 atom stereocenters. The first-order valence-corrected chi connectivity index (χ1v) is 5.79. The molecule has 0 radical (unpaired) electrons. The van der Waals surface area contributed by atoms with Gasteiger partial charge in [0.05, 0.1) is 6.61 Å². The van der Waals surface area contributed by atoms with Crippen molar-refractivity contribution in [2.75, 3.05) is 6.61 Å². The highest BCUT2D eigenvalue weighted by Gasteiger charge is 2.25. The van der Waals surface area contributed by atoms with Gasteiger partial charge in [0.1, 0.15) is 6.61 Å². The predicted molar refractivity (Wildman–Crippen MR) is 61.3 cm³/mol. The van der Waals surface area contributed by atoms with Gasteiger partial charge in [-0.1, -0.05) is 30.3 Å². The van der Waals surface area contributed by atoms with Gasteiger partial charge < -0.3 is 14.2 Å². The van der Waals surface area contributed by atoms with Gasteiger partial charge in [-0.2, -0.15) is 0 Å². The van der Waals surface area contributed by atoms with Gasteiger partial charge in [-0.25, -0.2) is 9.59 Å². The van der Waals surface area contributed by atoms with Crippen LogP contribution in [0.25, 0.3) is 0 Å². The Hall–Kier alpha value is -1.88. The zero-order valence-corrected chi connectivity index (χ0v) is 9.83. The molecule has 1 aliphatic rings. The van der Waals surface area contributed by atoms with E-state index in [0.717, 1.165) is 12.0 Å². The van der Waals surface area contributed by atoms with E-state index in [1.165, 1.54) is 0 Å². The zero-order chi connectivity index (χ0) is 12.8. The van der Waals surface area contributed by atoms with Crippen molar-refractivity contribution in [2.24, 2.45) is 0 Å². The molecule has 0 bridgehead atoms. The van der Waals surface area contributed by atoms with E-state index in [-0.39, 0.29) is 6.61 Å². The maximum Gasteiger partial charge on any atom is 0.419 e. The van der Waals surface area contributed by atoms with Gasteiger partial charge in [-0.3, -0.25) is 0 Å². The first-order chi connectivity index (χ1) is 8.75. The van der Waals surface area contributed by atoms with Crippen LogP contribution in [-0.2, 0) is 30.4 Å². The Morgan fingerprint density at radius 3 is 2.67 bits per heavy atom. The molecule has 1 unspecified atom stereocenters. The lowest BCUT2D eigenvalue weighted by Gasteiger charge is -2.10. The molecule has 2 rings (SSSR count). The first-order valence-electron chi connectivity index (χ1n) is 5.79. The summed E-state index contributed by atoms with van der Waals surface area (Å²) in [5.41, 5.74) is 0.816. The largest absolute Gasteiger partial charge is 0.452 e. The van der Waals surface area contributed by atoms with Crippen LogP contribution in [0.3, 0.4) is 0 Å². The van der Waals surface area contributed by atoms with Crippen molar-refractivity contribution in [1.82, 2.24) is 0 Å². The van der Waals surface area contributed by atoms with Gasteiger partial charge in [0, 0.05) is 6.42 Å². The Bertz CT molecular complexity index is 409. The van der Waals surface area contributed by atoms with Crippen LogP contribution in [0.5, 0.6) is 0 Å². The highest BCUT2D eigenvalue weighted by Crippen LogP contribution is 2.13. The van der Waals surface area contributed by atoms with Crippen molar-refractivity contribution in [1.29, 1.82) is 0 Å². The molecule has 0 N–H and O–H groups in total. The van der Waals surface area contributed by atoms with Crippen molar-refractivity contribution in [3.8, 4) is 0 Å². The molecule has 0 amide bonds. The maximum atomic E-state index is 11.4. The monoisotopic (exact) mass is 250 g/mol. The number of carbonyl (C=O) groups excluding carboxylic acids is 2. The summed E-state index contributed by atoms with van der Waals surface area (Å²) < 4.78 is 14.7. The average Bonchev–Trinajstić information content (AvgIpc) is 2.90. The summed E-state index contributed by atoms with van der Waals surface area (Å²) in [6.07, 6.45) is 0.844. The number of benzene rings is 1. The van der Waals surface area contributed by atoms with Crippen LogP contribution in [0, 0.1) is 0 Å². The second-order valence-electron chi connectivity index (χ2n) is 3.91. The normalized spacial score (nSPS) is 18.3. The van der Waals surface area contributed by atoms with Crippen LogP contribution in [0.4, 0.5) is 0 Å². The van der Waals surface area contributed by atoms with Gasteiger partial charge in [0.2, 0.25) is 6.29 Å². The van der Waals surface area contributed by atoms with Crippen LogP contribution in [0.2, 0.25) is 0 Å². The molecule has 96 valence electrons. The number of hydrogen-bond donors (Lipinski definition) is 0. The summed E-state index contributed by atoms with van der Waals surface area (Å²) in [4.78, 5) is 22.7. The van der Waals surface area contributed by atoms with Crippen LogP contribution < -0.4 is 0 Å². The van der Waals surface area contributed by atoms with Crippen LogP contribution in [-0.4, -0.2) is 24.8 Å². The average molecular weight is 250 g/mol. The lowest BCUT2D eigenvalue weighted by Crippen LogP contribution is -2.25. The molecule has 5 heteroatoms. The third-order valence-corrected chi connectivity index (χ3v) is 2.51. The smallest absolute Gasteiger partial charge is 0.419 e. The molecular formula is C13H14O5. The standard InChI is InChI=1S/C13H14O5/c14-12(13(15)18-11-7-4-8-16-11)17-9-10-5-2-1-3-6-10/h1-3,5-6,11H,4,7-9H2. The molecule has 0 aromatic heterocycles. The zero-order valence-electron chi connectivity index (χ0n) is 9.83. The number of ether oxygens (including phenoxy) is 3. The highest BCUT2D eigenvalue weighted by molar-refractivity contribution is 6.29. The molecule has 0 saturated carbocycles. The van der Waals surface area contributed by atoms with Crippen LogP contribution in [0.15, 0.2) is 30.3 Å². The Balaban J connectivity index is 1.75. The van der Waals surface area contributed by atoms with Gasteiger partial charge in [0.25, 0.3) is 0 Å². The fraction of sp³-hybridized carbons (Fsp3) is 0.385. The third kappa shape index (κ3) is 3.56. The third-order valence-electron chi connectivity index (χ3n) is 2.51. The topological polar surface area (TPSA) is 61.8 Å². The Morgan fingerprint density at radius 2 is 2.00 bits per heavy atom. The summed E-state index contributed by atoms with van der Waals surface area (Å²) in [5.74, 6) is -1.99. The quantitative estimate of drug-likeness (QED) is 0.599. The van der Waals surface area contributed by atoms with E-state index >= 15 is 0 Å². The summed E-state index contributed by atoms with van der Waals surface area (Å²) >= 11 is 0. The van der Waals surface area contributed by atoms with Gasteiger partial charge in [-0.05, 0) is 12.0 Å². The molecule has 1 heterocycles. The molecule has 0 spiro atoms. The maximum absolute atomic E-state index is 11.4. The van der Waals surface area contributed by atoms with E-state index in [1.54, 1.807) is 12.1 Å². The van der Waals surface area contributed by atoms with Gasteiger partial charge >= 0.3 is 11.9 Å². The predicted octanol–water partition coefficient (Wildman–Crippen LogP) is 1.41. The van der Waals surface area contributed by atoms with Crippen LogP contribution >= 0.6 is 0 Å². The number of carbonyl (C=O) groups is 2. The Labute approximate surface area is 105 Å². The van der Waals surface area contributed by atoms with Crippen molar-refractivity contribution >= 4 is 11.9 Å². The van der Waals surface area contributed by atoms with Crippen molar-refractivity contribution in [3.05, 3.63) is 35.9 Å². The molecule has 0 aliphatic carbocycles. The molecule has 1 aliphatic heterocycles. The number of esters is 2. The van der Waals surface area contributed by atoms with E-state index in [9.17, 15) is 9.59 Å². The molecule has 1 fully saturated rings. The lowest BCUT2D eigenvalue weighted by molar-refractivity contribution is -0.184. The van der Waals surface area contributed by atoms with E-state index in [2.05, 4.69) is 0 Å². The molecule has 5 nitrogen and oxygen atoms in total. The Kier molecular flexibility index (Phi) is 4.30. The van der Waals surface area contributed by atoms with Crippen molar-refractivity contribution in [3.63, 3.8) is 0 Å². The number of hydrogen-bond acceptors (Lipinski definition) is 5.